The molecule has 3 aromatic rings. The van der Waals surface area contributed by atoms with Gasteiger partial charge in [0.25, 0.3) is 5.91 Å². The molecule has 0 spiro atoms. The number of hydrogen-bond acceptors (Lipinski definition) is 5. The second-order valence-electron chi connectivity index (χ2n) is 5.17. The van der Waals surface area contributed by atoms with Crippen molar-refractivity contribution < 1.29 is 17.6 Å². The van der Waals surface area contributed by atoms with Crippen LogP contribution >= 0.6 is 22.7 Å². The minimum Gasteiger partial charge on any atom is -0.340 e. The van der Waals surface area contributed by atoms with Crippen LogP contribution in [0.25, 0.3) is 0 Å². The normalized spacial score (nSPS) is 12.7. The Balaban J connectivity index is 1.89. The van der Waals surface area contributed by atoms with Gasteiger partial charge in [0, 0.05) is 10.3 Å². The van der Waals surface area contributed by atoms with Gasteiger partial charge >= 0.3 is 0 Å². The molecule has 3 N–H and O–H groups in total. The Morgan fingerprint density at radius 1 is 1.16 bits per heavy atom. The van der Waals surface area contributed by atoms with E-state index in [0.29, 0.717) is 0 Å². The van der Waals surface area contributed by atoms with Crippen LogP contribution in [0, 0.1) is 5.82 Å². The van der Waals surface area contributed by atoms with Crippen molar-refractivity contribution in [2.75, 3.05) is 0 Å². The molecule has 3 rings (SSSR count). The first-order chi connectivity index (χ1) is 11.8. The van der Waals surface area contributed by atoms with Gasteiger partial charge in [-0.1, -0.05) is 18.2 Å². The molecule has 1 atom stereocenters. The predicted octanol–water partition coefficient (Wildman–Crippen LogP) is 3.12. The maximum absolute atomic E-state index is 13.2. The summed E-state index contributed by atoms with van der Waals surface area (Å²) in [5, 5.41) is 11.2. The zero-order chi connectivity index (χ0) is 18.0. The monoisotopic (exact) mass is 396 g/mol. The quantitative estimate of drug-likeness (QED) is 0.694. The molecule has 130 valence electrons. The van der Waals surface area contributed by atoms with Crippen molar-refractivity contribution in [2.45, 2.75) is 10.3 Å². The van der Waals surface area contributed by atoms with E-state index in [-0.39, 0.29) is 15.6 Å². The molecule has 0 bridgehead atoms. The molecule has 0 fully saturated rings. The summed E-state index contributed by atoms with van der Waals surface area (Å²) in [6, 6.07) is 10.3. The van der Waals surface area contributed by atoms with Gasteiger partial charge in [0.1, 0.15) is 10.0 Å². The van der Waals surface area contributed by atoms with E-state index >= 15 is 0 Å². The molecule has 1 amide bonds. The van der Waals surface area contributed by atoms with Crippen LogP contribution in [0.1, 0.15) is 26.8 Å². The third-order valence-corrected chi connectivity index (χ3v) is 6.75. The van der Waals surface area contributed by atoms with Crippen molar-refractivity contribution in [3.63, 3.8) is 0 Å². The van der Waals surface area contributed by atoms with Crippen LogP contribution in [0.5, 0.6) is 0 Å². The summed E-state index contributed by atoms with van der Waals surface area (Å²) in [5.41, 5.74) is 0.928. The summed E-state index contributed by atoms with van der Waals surface area (Å²) in [6.45, 7) is 0. The number of carbonyl (C=O) groups is 1. The molecule has 1 unspecified atom stereocenters. The molecule has 2 heterocycles. The van der Waals surface area contributed by atoms with E-state index in [9.17, 15) is 17.6 Å². The summed E-state index contributed by atoms with van der Waals surface area (Å²) in [5.74, 6) is -0.801. The van der Waals surface area contributed by atoms with Crippen molar-refractivity contribution in [3.8, 4) is 0 Å². The molecule has 0 radical (unpaired) electrons. The maximum atomic E-state index is 13.2. The molecule has 1 aromatic carbocycles. The largest absolute Gasteiger partial charge is 0.340 e. The lowest BCUT2D eigenvalue weighted by atomic mass is 10.0. The average Bonchev–Trinajstić information content (AvgIpc) is 3.24. The lowest BCUT2D eigenvalue weighted by Gasteiger charge is -2.17. The molecule has 5 nitrogen and oxygen atoms in total. The van der Waals surface area contributed by atoms with Gasteiger partial charge in [-0.2, -0.15) is 0 Å². The Bertz CT molecular complexity index is 980. The Morgan fingerprint density at radius 2 is 1.88 bits per heavy atom. The van der Waals surface area contributed by atoms with E-state index in [0.717, 1.165) is 21.8 Å². The average molecular weight is 396 g/mol. The maximum Gasteiger partial charge on any atom is 0.252 e. The third kappa shape index (κ3) is 4.13. The number of primary sulfonamides is 1. The molecule has 0 aliphatic rings. The molecule has 9 heteroatoms. The van der Waals surface area contributed by atoms with Crippen molar-refractivity contribution in [3.05, 3.63) is 75.0 Å². The van der Waals surface area contributed by atoms with Crippen molar-refractivity contribution >= 4 is 38.6 Å². The number of sulfonamides is 1. The van der Waals surface area contributed by atoms with Crippen LogP contribution in [-0.4, -0.2) is 14.3 Å². The SMILES string of the molecule is NS(=O)(=O)c1cc(C(=O)NC(c2ccc(F)cc2)c2cccs2)cs1. The molecular formula is C16H13FN2O3S3. The van der Waals surface area contributed by atoms with E-state index < -0.39 is 22.0 Å². The second-order valence-corrected chi connectivity index (χ2v) is 8.85. The minimum absolute atomic E-state index is 0.0768. The third-order valence-electron chi connectivity index (χ3n) is 3.42. The number of rotatable bonds is 5. The van der Waals surface area contributed by atoms with Crippen LogP contribution in [0.15, 0.2) is 57.4 Å². The number of thiophene rings is 2. The number of amides is 1. The van der Waals surface area contributed by atoms with E-state index in [4.69, 9.17) is 5.14 Å². The fourth-order valence-corrected chi connectivity index (χ4v) is 4.62. The van der Waals surface area contributed by atoms with Crippen molar-refractivity contribution in [2.24, 2.45) is 5.14 Å². The van der Waals surface area contributed by atoms with Gasteiger partial charge in [0.05, 0.1) is 11.6 Å². The number of nitrogens with one attached hydrogen (secondary N) is 1. The molecule has 0 saturated heterocycles. The van der Waals surface area contributed by atoms with Gasteiger partial charge in [-0.05, 0) is 35.2 Å². The molecular weight excluding hydrogens is 383 g/mol. The predicted molar refractivity (Wildman–Crippen MR) is 95.7 cm³/mol. The summed E-state index contributed by atoms with van der Waals surface area (Å²) < 4.78 is 35.8. The molecule has 25 heavy (non-hydrogen) atoms. The fraction of sp³-hybridized carbons (Fsp3) is 0.0625. The first kappa shape index (κ1) is 17.7. The summed E-state index contributed by atoms with van der Waals surface area (Å²) >= 11 is 2.34. The Kier molecular flexibility index (Phi) is 5.00. The minimum atomic E-state index is -3.85. The topological polar surface area (TPSA) is 89.3 Å². The van der Waals surface area contributed by atoms with E-state index in [1.165, 1.54) is 34.9 Å². The van der Waals surface area contributed by atoms with Crippen molar-refractivity contribution in [1.82, 2.24) is 5.32 Å². The van der Waals surface area contributed by atoms with Crippen LogP contribution in [0.3, 0.4) is 0 Å². The Hall–Kier alpha value is -2.07. The molecule has 0 aliphatic carbocycles. The highest BCUT2D eigenvalue weighted by molar-refractivity contribution is 7.91. The van der Waals surface area contributed by atoms with Gasteiger partial charge in [-0.15, -0.1) is 22.7 Å². The Labute approximate surface area is 152 Å². The number of carbonyl (C=O) groups excluding carboxylic acids is 1. The fourth-order valence-electron chi connectivity index (χ4n) is 2.23. The van der Waals surface area contributed by atoms with Crippen molar-refractivity contribution in [1.29, 1.82) is 0 Å². The van der Waals surface area contributed by atoms with Crippen LogP contribution in [0.4, 0.5) is 4.39 Å². The number of hydrogen-bond donors (Lipinski definition) is 2. The number of nitrogens with two attached hydrogens (primary N) is 1. The zero-order valence-corrected chi connectivity index (χ0v) is 15.1. The zero-order valence-electron chi connectivity index (χ0n) is 12.7. The van der Waals surface area contributed by atoms with Gasteiger partial charge in [0.15, 0.2) is 0 Å². The van der Waals surface area contributed by atoms with Crippen LogP contribution in [0.2, 0.25) is 0 Å². The van der Waals surface area contributed by atoms with E-state index in [1.807, 2.05) is 17.5 Å². The van der Waals surface area contributed by atoms with Crippen LogP contribution < -0.4 is 10.5 Å². The van der Waals surface area contributed by atoms with Gasteiger partial charge < -0.3 is 5.32 Å². The molecule has 0 saturated carbocycles. The Morgan fingerprint density at radius 3 is 2.44 bits per heavy atom. The number of benzene rings is 1. The molecule has 0 aliphatic heterocycles. The summed E-state index contributed by atoms with van der Waals surface area (Å²) in [7, 11) is -3.85. The highest BCUT2D eigenvalue weighted by Gasteiger charge is 2.21. The summed E-state index contributed by atoms with van der Waals surface area (Å²) in [4.78, 5) is 13.4. The van der Waals surface area contributed by atoms with Crippen LogP contribution in [-0.2, 0) is 10.0 Å². The first-order valence-electron chi connectivity index (χ1n) is 7.05. The lowest BCUT2D eigenvalue weighted by Crippen LogP contribution is -2.28. The standard InChI is InChI=1S/C16H13FN2O3S3/c17-12-5-3-10(4-6-12)15(13-2-1-7-23-13)19-16(20)11-8-14(24-9-11)25(18,21)22/h1-9,15H,(H,19,20)(H2,18,21,22). The van der Waals surface area contributed by atoms with Gasteiger partial charge in [0.2, 0.25) is 10.0 Å². The number of halogens is 1. The highest BCUT2D eigenvalue weighted by Crippen LogP contribution is 2.27. The highest BCUT2D eigenvalue weighted by atomic mass is 32.2. The first-order valence-corrected chi connectivity index (χ1v) is 10.4. The molecule has 2 aromatic heterocycles. The smallest absolute Gasteiger partial charge is 0.252 e. The lowest BCUT2D eigenvalue weighted by molar-refractivity contribution is 0.0944. The van der Waals surface area contributed by atoms with Gasteiger partial charge in [-0.25, -0.2) is 17.9 Å². The van der Waals surface area contributed by atoms with E-state index in [2.05, 4.69) is 5.32 Å². The van der Waals surface area contributed by atoms with Gasteiger partial charge in [-0.3, -0.25) is 4.79 Å². The van der Waals surface area contributed by atoms with E-state index in [1.54, 1.807) is 12.1 Å². The second kappa shape index (κ2) is 7.04. The summed E-state index contributed by atoms with van der Waals surface area (Å²) in [6.07, 6.45) is 0.